The van der Waals surface area contributed by atoms with Crippen molar-refractivity contribution in [1.29, 1.82) is 0 Å². The lowest BCUT2D eigenvalue weighted by molar-refractivity contribution is -0.151. The Morgan fingerprint density at radius 2 is 1.68 bits per heavy atom. The van der Waals surface area contributed by atoms with Crippen LogP contribution in [0.3, 0.4) is 0 Å². The van der Waals surface area contributed by atoms with Gasteiger partial charge in [-0.3, -0.25) is 9.69 Å². The van der Waals surface area contributed by atoms with E-state index in [1.54, 1.807) is 11.0 Å². The first-order chi connectivity index (χ1) is 25.3. The third-order valence-electron chi connectivity index (χ3n) is 10.8. The van der Waals surface area contributed by atoms with Crippen LogP contribution in [0.1, 0.15) is 45.6 Å². The fourth-order valence-corrected chi connectivity index (χ4v) is 8.73. The van der Waals surface area contributed by atoms with Crippen molar-refractivity contribution in [2.45, 2.75) is 58.3 Å². The summed E-state index contributed by atoms with van der Waals surface area (Å²) in [7, 11) is -1.41. The molecule has 5 atom stereocenters. The maximum atomic E-state index is 15.1. The van der Waals surface area contributed by atoms with Gasteiger partial charge in [0.15, 0.2) is 0 Å². The number of hydrogen-bond donors (Lipinski definition) is 1. The minimum Gasteiger partial charge on any atom is -0.457 e. The number of ether oxygens (including phenoxy) is 3. The first-order valence-corrected chi connectivity index (χ1v) is 20.6. The fraction of sp³-hybridized carbons (Fsp3) is 0.684. The number of carbonyl (C=O) groups is 2. The van der Waals surface area contributed by atoms with Gasteiger partial charge in [-0.05, 0) is 68.1 Å². The predicted molar refractivity (Wildman–Crippen MR) is 201 cm³/mol. The second kappa shape index (κ2) is 19.0. The number of nitrogens with zero attached hydrogens (tertiary/aromatic N) is 5. The Kier molecular flexibility index (Phi) is 14.7. The first-order valence-electron chi connectivity index (χ1n) is 19.0. The zero-order valence-electron chi connectivity index (χ0n) is 31.7. The van der Waals surface area contributed by atoms with Crippen LogP contribution in [0.4, 0.5) is 14.9 Å². The minimum absolute atomic E-state index is 0.0565. The number of likely N-dealkylation sites (N-methyl/N-ethyl adjacent to an activating group) is 1. The molecule has 296 valence electrons. The molecule has 0 aliphatic carbocycles. The summed E-state index contributed by atoms with van der Waals surface area (Å²) in [4.78, 5) is 34.1. The maximum absolute atomic E-state index is 15.1. The number of sulfonamides is 1. The SMILES string of the molecule is C/C(=C\c1cc(F)cc(N2CCN(S(=O)(=O)CCN3CCOCC3)CC2)c1)[C@H]1OC(=O)C[C@H](O)CC[C@H](C)[C@@H](OC(=O)N2CCN(C)CC2)/C=C\[C@@H]1C. The lowest BCUT2D eigenvalue weighted by Crippen LogP contribution is -2.50. The third kappa shape index (κ3) is 12.0. The average molecular weight is 764 g/mol. The second-order valence-corrected chi connectivity index (χ2v) is 17.1. The number of piperazine rings is 2. The summed E-state index contributed by atoms with van der Waals surface area (Å²) in [6.45, 7) is 13.1. The Morgan fingerprint density at radius 1 is 0.981 bits per heavy atom. The van der Waals surface area contributed by atoms with Crippen molar-refractivity contribution in [2.24, 2.45) is 11.8 Å². The number of hydrogen-bond acceptors (Lipinski definition) is 11. The van der Waals surface area contributed by atoms with E-state index in [-0.39, 0.29) is 30.1 Å². The highest BCUT2D eigenvalue weighted by atomic mass is 32.2. The Morgan fingerprint density at radius 3 is 2.38 bits per heavy atom. The van der Waals surface area contributed by atoms with E-state index in [1.807, 2.05) is 50.9 Å². The zero-order valence-corrected chi connectivity index (χ0v) is 32.5. The van der Waals surface area contributed by atoms with E-state index >= 15 is 4.39 Å². The van der Waals surface area contributed by atoms with Gasteiger partial charge in [0.25, 0.3) is 0 Å². The number of amides is 1. The smallest absolute Gasteiger partial charge is 0.410 e. The maximum Gasteiger partial charge on any atom is 0.410 e. The van der Waals surface area contributed by atoms with Gasteiger partial charge in [0.1, 0.15) is 18.0 Å². The predicted octanol–water partition coefficient (Wildman–Crippen LogP) is 3.05. The normalized spacial score (nSPS) is 28.8. The van der Waals surface area contributed by atoms with Crippen molar-refractivity contribution in [3.8, 4) is 0 Å². The molecule has 3 saturated heterocycles. The molecule has 53 heavy (non-hydrogen) atoms. The number of esters is 1. The molecule has 1 aromatic rings. The number of aliphatic hydroxyl groups excluding tert-OH is 1. The van der Waals surface area contributed by atoms with Crippen LogP contribution in [0.2, 0.25) is 0 Å². The lowest BCUT2D eigenvalue weighted by atomic mass is 9.91. The van der Waals surface area contributed by atoms with Crippen LogP contribution in [0.15, 0.2) is 35.9 Å². The summed E-state index contributed by atoms with van der Waals surface area (Å²) in [6, 6.07) is 4.71. The Bertz CT molecular complexity index is 1550. The summed E-state index contributed by atoms with van der Waals surface area (Å²) in [5, 5.41) is 10.7. The summed E-state index contributed by atoms with van der Waals surface area (Å²) in [6.07, 6.45) is 3.73. The molecule has 0 radical (unpaired) electrons. The molecule has 0 spiro atoms. The van der Waals surface area contributed by atoms with Crippen LogP contribution in [0.25, 0.3) is 6.08 Å². The van der Waals surface area contributed by atoms with Crippen LogP contribution in [-0.2, 0) is 29.0 Å². The Labute approximate surface area is 314 Å². The van der Waals surface area contributed by atoms with Crippen LogP contribution >= 0.6 is 0 Å². The summed E-state index contributed by atoms with van der Waals surface area (Å²) in [5.74, 6) is -1.35. The molecule has 1 aromatic carbocycles. The number of aliphatic hydroxyl groups is 1. The van der Waals surface area contributed by atoms with Gasteiger partial charge < -0.3 is 34.0 Å². The highest BCUT2D eigenvalue weighted by molar-refractivity contribution is 7.89. The molecule has 0 saturated carbocycles. The fourth-order valence-electron chi connectivity index (χ4n) is 7.26. The first kappa shape index (κ1) is 41.1. The van der Waals surface area contributed by atoms with Gasteiger partial charge in [-0.15, -0.1) is 0 Å². The van der Waals surface area contributed by atoms with E-state index in [1.165, 1.54) is 16.4 Å². The third-order valence-corrected chi connectivity index (χ3v) is 12.6. The van der Waals surface area contributed by atoms with Crippen molar-refractivity contribution in [3.05, 3.63) is 47.3 Å². The number of anilines is 1. The van der Waals surface area contributed by atoms with E-state index in [0.717, 1.165) is 26.2 Å². The average Bonchev–Trinajstić information content (AvgIpc) is 3.13. The molecule has 4 heterocycles. The van der Waals surface area contributed by atoms with Crippen LogP contribution in [0.5, 0.6) is 0 Å². The van der Waals surface area contributed by atoms with Gasteiger partial charge >= 0.3 is 12.1 Å². The van der Waals surface area contributed by atoms with E-state index in [2.05, 4.69) is 9.80 Å². The molecule has 3 fully saturated rings. The highest BCUT2D eigenvalue weighted by Gasteiger charge is 2.31. The van der Waals surface area contributed by atoms with Crippen molar-refractivity contribution in [1.82, 2.24) is 19.0 Å². The van der Waals surface area contributed by atoms with E-state index in [4.69, 9.17) is 14.2 Å². The quantitative estimate of drug-likeness (QED) is 0.310. The molecule has 13 nitrogen and oxygen atoms in total. The van der Waals surface area contributed by atoms with Crippen LogP contribution in [0, 0.1) is 17.7 Å². The van der Waals surface area contributed by atoms with Gasteiger partial charge in [-0.1, -0.05) is 26.0 Å². The van der Waals surface area contributed by atoms with Crippen LogP contribution in [-0.4, -0.2) is 161 Å². The minimum atomic E-state index is -3.43. The second-order valence-electron chi connectivity index (χ2n) is 15.0. The molecule has 15 heteroatoms. The molecule has 1 N–H and O–H groups in total. The van der Waals surface area contributed by atoms with Crippen molar-refractivity contribution in [2.75, 3.05) is 103 Å². The van der Waals surface area contributed by atoms with E-state index < -0.39 is 40.1 Å². The standard InChI is InChI=1S/C38H58FN5O8S/c1-28-5-7-34(45)27-36(46)52-37(29(2)6-8-35(28)51-38(47)43-11-9-40(4)10-12-43)30(3)23-31-24-32(39)26-33(25-31)42-13-15-44(16-14-42)53(48,49)22-19-41-17-20-50-21-18-41/h6,8,23-26,28-29,34-35,37,45H,5,7,9-22,27H2,1-4H3/b8-6-,30-23+/t28-,29-,34+,35-,37-/m0/s1. The molecule has 5 rings (SSSR count). The number of rotatable bonds is 8. The van der Waals surface area contributed by atoms with Crippen molar-refractivity contribution >= 4 is 33.8 Å². The van der Waals surface area contributed by atoms with Gasteiger partial charge in [0.2, 0.25) is 10.0 Å². The number of benzene rings is 1. The monoisotopic (exact) mass is 763 g/mol. The number of morpholine rings is 1. The number of cyclic esters (lactones) is 1. The molecular weight excluding hydrogens is 706 g/mol. The topological polar surface area (TPSA) is 132 Å². The van der Waals surface area contributed by atoms with Gasteiger partial charge in [0, 0.05) is 83.6 Å². The van der Waals surface area contributed by atoms with E-state index in [9.17, 15) is 23.1 Å². The largest absolute Gasteiger partial charge is 0.457 e. The zero-order chi connectivity index (χ0) is 38.1. The Balaban J connectivity index is 1.27. The Hall–Kier alpha value is -3.08. The van der Waals surface area contributed by atoms with Crippen LogP contribution < -0.4 is 4.90 Å². The summed E-state index contributed by atoms with van der Waals surface area (Å²) in [5.41, 5.74) is 1.89. The molecule has 0 unspecified atom stereocenters. The van der Waals surface area contributed by atoms with E-state index in [0.29, 0.717) is 88.7 Å². The molecule has 0 bridgehead atoms. The highest BCUT2D eigenvalue weighted by Crippen LogP contribution is 2.28. The molecule has 0 aromatic heterocycles. The summed E-state index contributed by atoms with van der Waals surface area (Å²) < 4.78 is 60.1. The summed E-state index contributed by atoms with van der Waals surface area (Å²) >= 11 is 0. The molecule has 1 amide bonds. The van der Waals surface area contributed by atoms with Gasteiger partial charge in [0.05, 0.1) is 31.5 Å². The molecule has 4 aliphatic heterocycles. The number of halogens is 1. The van der Waals surface area contributed by atoms with Crippen molar-refractivity contribution < 1.29 is 41.7 Å². The van der Waals surface area contributed by atoms with Gasteiger partial charge in [-0.25, -0.2) is 17.6 Å². The number of carbonyl (C=O) groups excluding carboxylic acids is 2. The van der Waals surface area contributed by atoms with Gasteiger partial charge in [-0.2, -0.15) is 4.31 Å². The molecular formula is C38H58FN5O8S. The van der Waals surface area contributed by atoms with Crippen molar-refractivity contribution in [3.63, 3.8) is 0 Å². The molecule has 4 aliphatic rings. The lowest BCUT2D eigenvalue weighted by Gasteiger charge is -2.36.